The van der Waals surface area contributed by atoms with Gasteiger partial charge in [0, 0.05) is 32.4 Å². The Morgan fingerprint density at radius 1 is 1.10 bits per heavy atom. The Labute approximate surface area is 178 Å². The Morgan fingerprint density at radius 2 is 1.93 bits per heavy atom. The molecule has 0 spiro atoms. The Bertz CT molecular complexity index is 811. The summed E-state index contributed by atoms with van der Waals surface area (Å²) in [4.78, 5) is 19.7. The molecule has 0 saturated carbocycles. The Kier molecular flexibility index (Phi) is 7.19. The Hall–Kier alpha value is -2.60. The minimum absolute atomic E-state index is 0.120. The number of amides is 1. The van der Waals surface area contributed by atoms with Crippen LogP contribution >= 0.6 is 0 Å². The summed E-state index contributed by atoms with van der Waals surface area (Å²) in [5.41, 5.74) is 1.53. The van der Waals surface area contributed by atoms with Crippen LogP contribution in [0.2, 0.25) is 0 Å². The summed E-state index contributed by atoms with van der Waals surface area (Å²) in [6, 6.07) is 11.5. The van der Waals surface area contributed by atoms with Gasteiger partial charge < -0.3 is 19.7 Å². The zero-order valence-electron chi connectivity index (χ0n) is 17.5. The number of rotatable bonds is 7. The average molecular weight is 410 g/mol. The van der Waals surface area contributed by atoms with Crippen LogP contribution in [0.5, 0.6) is 5.75 Å². The van der Waals surface area contributed by atoms with Crippen molar-refractivity contribution < 1.29 is 14.3 Å². The highest BCUT2D eigenvalue weighted by Crippen LogP contribution is 2.21. The lowest BCUT2D eigenvalue weighted by Crippen LogP contribution is -2.26. The third-order valence-corrected chi connectivity index (χ3v) is 5.77. The molecule has 4 rings (SSSR count). The second-order valence-corrected chi connectivity index (χ2v) is 8.05. The van der Waals surface area contributed by atoms with Gasteiger partial charge in [0.25, 0.3) is 5.91 Å². The summed E-state index contributed by atoms with van der Waals surface area (Å²) in [5, 5.41) is 2.99. The first kappa shape index (κ1) is 20.7. The summed E-state index contributed by atoms with van der Waals surface area (Å²) in [6.07, 6.45) is 9.13. The van der Waals surface area contributed by atoms with Crippen molar-refractivity contribution in [2.75, 3.05) is 31.2 Å². The zero-order chi connectivity index (χ0) is 20.6. The maximum Gasteiger partial charge on any atom is 0.255 e. The monoisotopic (exact) mass is 409 g/mol. The number of para-hydroxylation sites is 1. The van der Waals surface area contributed by atoms with Crippen LogP contribution < -0.4 is 15.0 Å². The van der Waals surface area contributed by atoms with Gasteiger partial charge in [-0.15, -0.1) is 0 Å². The average Bonchev–Trinajstić information content (AvgIpc) is 3.17. The Morgan fingerprint density at radius 3 is 2.67 bits per heavy atom. The lowest BCUT2D eigenvalue weighted by atomic mass is 10.1. The molecule has 2 fully saturated rings. The molecule has 6 nitrogen and oxygen atoms in total. The predicted octanol–water partition coefficient (Wildman–Crippen LogP) is 3.95. The second kappa shape index (κ2) is 10.4. The summed E-state index contributed by atoms with van der Waals surface area (Å²) < 4.78 is 11.5. The number of carbonyl (C=O) groups excluding carboxylic acids is 1. The summed E-state index contributed by atoms with van der Waals surface area (Å²) >= 11 is 0. The number of anilines is 1. The number of hydrogen-bond acceptors (Lipinski definition) is 5. The van der Waals surface area contributed by atoms with Crippen molar-refractivity contribution in [1.82, 2.24) is 10.3 Å². The maximum atomic E-state index is 12.7. The number of nitrogens with zero attached hydrogens (tertiary/aromatic N) is 2. The fourth-order valence-corrected chi connectivity index (χ4v) is 4.02. The van der Waals surface area contributed by atoms with E-state index in [0.717, 1.165) is 43.9 Å². The van der Waals surface area contributed by atoms with E-state index in [9.17, 15) is 4.79 Å². The standard InChI is InChI=1S/C24H31N3O3/c28-24(21-9-3-4-10-22(21)30-18-20-8-7-15-29-20)26-17-19-11-12-23(25-16-19)27-13-5-1-2-6-14-27/h3-4,9-12,16,20H,1-2,5-8,13-15,17-18H2,(H,26,28). The van der Waals surface area contributed by atoms with Gasteiger partial charge in [-0.25, -0.2) is 4.98 Å². The smallest absolute Gasteiger partial charge is 0.255 e. The third-order valence-electron chi connectivity index (χ3n) is 5.77. The molecule has 30 heavy (non-hydrogen) atoms. The molecule has 160 valence electrons. The van der Waals surface area contributed by atoms with Crippen molar-refractivity contribution in [1.29, 1.82) is 0 Å². The van der Waals surface area contributed by atoms with E-state index in [1.807, 2.05) is 30.5 Å². The van der Waals surface area contributed by atoms with Crippen molar-refractivity contribution in [3.63, 3.8) is 0 Å². The van der Waals surface area contributed by atoms with E-state index >= 15 is 0 Å². The second-order valence-electron chi connectivity index (χ2n) is 8.05. The molecule has 2 aliphatic heterocycles. The number of pyridine rings is 1. The van der Waals surface area contributed by atoms with Gasteiger partial charge in [-0.05, 0) is 49.4 Å². The van der Waals surface area contributed by atoms with E-state index < -0.39 is 0 Å². The molecule has 2 saturated heterocycles. The first-order valence-electron chi connectivity index (χ1n) is 11.1. The molecule has 1 aromatic heterocycles. The van der Waals surface area contributed by atoms with Crippen molar-refractivity contribution in [2.24, 2.45) is 0 Å². The molecule has 1 atom stereocenters. The van der Waals surface area contributed by atoms with Gasteiger partial charge in [0.1, 0.15) is 18.2 Å². The van der Waals surface area contributed by atoms with Crippen LogP contribution in [0.15, 0.2) is 42.6 Å². The first-order valence-corrected chi connectivity index (χ1v) is 11.1. The van der Waals surface area contributed by atoms with Gasteiger partial charge in [0.2, 0.25) is 0 Å². The van der Waals surface area contributed by atoms with Crippen molar-refractivity contribution >= 4 is 11.7 Å². The topological polar surface area (TPSA) is 63.7 Å². The number of hydrogen-bond donors (Lipinski definition) is 1. The van der Waals surface area contributed by atoms with Crippen LogP contribution in [0.1, 0.15) is 54.4 Å². The number of nitrogens with one attached hydrogen (secondary N) is 1. The highest BCUT2D eigenvalue weighted by atomic mass is 16.5. The molecule has 1 amide bonds. The summed E-state index contributed by atoms with van der Waals surface area (Å²) in [7, 11) is 0. The van der Waals surface area contributed by atoms with Gasteiger partial charge in [-0.2, -0.15) is 0 Å². The third kappa shape index (κ3) is 5.51. The molecule has 0 bridgehead atoms. The van der Waals surface area contributed by atoms with E-state index in [-0.39, 0.29) is 12.0 Å². The molecule has 2 aromatic rings. The predicted molar refractivity (Wildman–Crippen MR) is 117 cm³/mol. The molecular formula is C24H31N3O3. The van der Waals surface area contributed by atoms with Crippen LogP contribution in [0.25, 0.3) is 0 Å². The molecule has 1 unspecified atom stereocenters. The van der Waals surface area contributed by atoms with Crippen molar-refractivity contribution in [2.45, 2.75) is 51.2 Å². The molecule has 0 aliphatic carbocycles. The van der Waals surface area contributed by atoms with Crippen LogP contribution in [0, 0.1) is 0 Å². The zero-order valence-corrected chi connectivity index (χ0v) is 17.5. The fourth-order valence-electron chi connectivity index (χ4n) is 4.02. The molecular weight excluding hydrogens is 378 g/mol. The number of benzene rings is 1. The quantitative estimate of drug-likeness (QED) is 0.750. The van der Waals surface area contributed by atoms with Crippen molar-refractivity contribution in [3.8, 4) is 5.75 Å². The van der Waals surface area contributed by atoms with Gasteiger partial charge >= 0.3 is 0 Å². The molecule has 0 radical (unpaired) electrons. The van der Waals surface area contributed by atoms with Gasteiger partial charge in [0.05, 0.1) is 11.7 Å². The van der Waals surface area contributed by atoms with Crippen LogP contribution in [0.4, 0.5) is 5.82 Å². The largest absolute Gasteiger partial charge is 0.490 e. The van der Waals surface area contributed by atoms with E-state index in [0.29, 0.717) is 24.5 Å². The molecule has 6 heteroatoms. The highest BCUT2D eigenvalue weighted by Gasteiger charge is 2.18. The van der Waals surface area contributed by atoms with Gasteiger partial charge in [0.15, 0.2) is 0 Å². The van der Waals surface area contributed by atoms with Gasteiger partial charge in [-0.3, -0.25) is 4.79 Å². The van der Waals surface area contributed by atoms with E-state index in [1.54, 1.807) is 6.07 Å². The first-order chi connectivity index (χ1) is 14.8. The highest BCUT2D eigenvalue weighted by molar-refractivity contribution is 5.96. The summed E-state index contributed by atoms with van der Waals surface area (Å²) in [6.45, 7) is 3.86. The van der Waals surface area contributed by atoms with E-state index in [1.165, 1.54) is 25.7 Å². The minimum Gasteiger partial charge on any atom is -0.490 e. The fraction of sp³-hybridized carbons (Fsp3) is 0.500. The lowest BCUT2D eigenvalue weighted by molar-refractivity contribution is 0.0670. The van der Waals surface area contributed by atoms with Gasteiger partial charge in [-0.1, -0.05) is 31.0 Å². The SMILES string of the molecule is O=C(NCc1ccc(N2CCCCCC2)nc1)c1ccccc1OCC1CCCO1. The summed E-state index contributed by atoms with van der Waals surface area (Å²) in [5.74, 6) is 1.48. The number of carbonyl (C=O) groups is 1. The van der Waals surface area contributed by atoms with Crippen LogP contribution in [0.3, 0.4) is 0 Å². The molecule has 3 heterocycles. The van der Waals surface area contributed by atoms with Crippen LogP contribution in [-0.2, 0) is 11.3 Å². The molecule has 2 aliphatic rings. The van der Waals surface area contributed by atoms with E-state index in [2.05, 4.69) is 21.3 Å². The Balaban J connectivity index is 1.32. The number of ether oxygens (including phenoxy) is 2. The van der Waals surface area contributed by atoms with E-state index in [4.69, 9.17) is 9.47 Å². The number of aromatic nitrogens is 1. The van der Waals surface area contributed by atoms with Crippen LogP contribution in [-0.4, -0.2) is 43.3 Å². The molecule has 1 N–H and O–H groups in total. The maximum absolute atomic E-state index is 12.7. The lowest BCUT2D eigenvalue weighted by Gasteiger charge is -2.21. The minimum atomic E-state index is -0.144. The van der Waals surface area contributed by atoms with Crippen molar-refractivity contribution in [3.05, 3.63) is 53.7 Å². The normalized spacial score (nSPS) is 19.3. The molecule has 1 aromatic carbocycles.